The van der Waals surface area contributed by atoms with Gasteiger partial charge in [0.25, 0.3) is 32.1 Å². The number of nitrogens with zero attached hydrogens (tertiary/aromatic N) is 4. The van der Waals surface area contributed by atoms with Gasteiger partial charge in [0.2, 0.25) is 0 Å². The normalized spacial score (nSPS) is 12.0. The van der Waals surface area contributed by atoms with E-state index in [-0.39, 0.29) is 56.2 Å². The van der Waals surface area contributed by atoms with Gasteiger partial charge >= 0.3 is 11.9 Å². The van der Waals surface area contributed by atoms with E-state index >= 15 is 0 Å². The zero-order valence-corrected chi connectivity index (χ0v) is 35.5. The van der Waals surface area contributed by atoms with Gasteiger partial charge in [-0.1, -0.05) is 0 Å². The van der Waals surface area contributed by atoms with E-state index in [4.69, 9.17) is 10.2 Å². The SMILES string of the molecule is O=C(Nc1ccc2c(O)c(N=Nc3cc(F)c(F)c(C(=O)O)c3F)c(S(=O)(=O)O)cc2c1)c1ccc(C(=O)Nc2ccc3c(O)c(N=Nc4cc(F)c(F)c(C(=O)O)c4F)c(S(=O)(=O)O)cc3c2)cc1. The lowest BCUT2D eigenvalue weighted by molar-refractivity contribution is 0.0673. The van der Waals surface area contributed by atoms with Crippen molar-refractivity contribution in [3.8, 4) is 11.5 Å². The molecule has 0 aliphatic heterocycles. The zero-order valence-electron chi connectivity index (χ0n) is 33.9. The Labute approximate surface area is 385 Å². The quantitative estimate of drug-likeness (QED) is 0.0245. The average molecular weight is 1010 g/mol. The molecule has 70 heavy (non-hydrogen) atoms. The van der Waals surface area contributed by atoms with E-state index in [1.54, 1.807) is 0 Å². The molecule has 28 heteroatoms. The van der Waals surface area contributed by atoms with Crippen molar-refractivity contribution in [2.75, 3.05) is 10.6 Å². The molecule has 20 nitrogen and oxygen atoms in total. The van der Waals surface area contributed by atoms with Crippen LogP contribution in [0.15, 0.2) is 115 Å². The molecular weight excluding hydrogens is 991 g/mol. The molecule has 0 aliphatic rings. The van der Waals surface area contributed by atoms with Gasteiger partial charge in [0, 0.05) is 45.4 Å². The smallest absolute Gasteiger partial charge is 0.341 e. The fourth-order valence-corrected chi connectivity index (χ4v) is 7.85. The molecule has 7 aromatic carbocycles. The molecule has 0 radical (unpaired) electrons. The van der Waals surface area contributed by atoms with Gasteiger partial charge in [0.05, 0.1) is 0 Å². The fraction of sp³-hybridized carbons (Fsp3) is 0. The third kappa shape index (κ3) is 9.49. The van der Waals surface area contributed by atoms with E-state index in [1.165, 1.54) is 36.4 Å². The van der Waals surface area contributed by atoms with Crippen LogP contribution >= 0.6 is 0 Å². The van der Waals surface area contributed by atoms with Gasteiger partial charge in [-0.3, -0.25) is 18.7 Å². The molecule has 0 aliphatic carbocycles. The number of hydrogen-bond donors (Lipinski definition) is 8. The average Bonchev–Trinajstić information content (AvgIpc) is 3.27. The van der Waals surface area contributed by atoms with Crippen LogP contribution in [0.3, 0.4) is 0 Å². The number of rotatable bonds is 12. The Hall–Kier alpha value is -8.86. The lowest BCUT2D eigenvalue weighted by atomic mass is 10.1. The molecule has 0 fully saturated rings. The number of amides is 2. The summed E-state index contributed by atoms with van der Waals surface area (Å²) in [6.07, 6.45) is 0. The first-order chi connectivity index (χ1) is 32.8. The van der Waals surface area contributed by atoms with Crippen LogP contribution in [0.1, 0.15) is 41.4 Å². The van der Waals surface area contributed by atoms with Crippen LogP contribution in [0.5, 0.6) is 11.5 Å². The second-order valence-corrected chi connectivity index (χ2v) is 17.0. The molecule has 0 saturated carbocycles. The summed E-state index contributed by atoms with van der Waals surface area (Å²) in [5.74, 6) is -19.7. The lowest BCUT2D eigenvalue weighted by Crippen LogP contribution is -2.14. The van der Waals surface area contributed by atoms with Gasteiger partial charge in [-0.15, -0.1) is 20.5 Å². The number of nitrogens with one attached hydrogen (secondary N) is 2. The molecule has 7 aromatic rings. The molecule has 0 aromatic heterocycles. The summed E-state index contributed by atoms with van der Waals surface area (Å²) in [5.41, 5.74) is -8.13. The predicted octanol–water partition coefficient (Wildman–Crippen LogP) is 9.46. The minimum absolute atomic E-state index is 0.0272. The number of halogens is 6. The van der Waals surface area contributed by atoms with Gasteiger partial charge in [-0.25, -0.2) is 35.9 Å². The summed E-state index contributed by atoms with van der Waals surface area (Å²) >= 11 is 0. The molecule has 2 amide bonds. The highest BCUT2D eigenvalue weighted by molar-refractivity contribution is 7.86. The molecule has 0 atom stereocenters. The van der Waals surface area contributed by atoms with Crippen molar-refractivity contribution in [1.82, 2.24) is 0 Å². The van der Waals surface area contributed by atoms with Gasteiger partial charge < -0.3 is 31.1 Å². The van der Waals surface area contributed by atoms with Crippen LogP contribution in [0.2, 0.25) is 0 Å². The van der Waals surface area contributed by atoms with E-state index in [0.29, 0.717) is 0 Å². The van der Waals surface area contributed by atoms with Crippen molar-refractivity contribution in [2.24, 2.45) is 20.5 Å². The first kappa shape index (κ1) is 49.1. The highest BCUT2D eigenvalue weighted by Crippen LogP contribution is 2.44. The number of carbonyl (C=O) groups excluding carboxylic acids is 2. The number of benzene rings is 7. The predicted molar refractivity (Wildman–Crippen MR) is 228 cm³/mol. The van der Waals surface area contributed by atoms with Crippen LogP contribution in [-0.4, -0.2) is 70.1 Å². The number of hydrogen-bond acceptors (Lipinski definition) is 14. The van der Waals surface area contributed by atoms with Crippen molar-refractivity contribution in [3.63, 3.8) is 0 Å². The highest BCUT2D eigenvalue weighted by Gasteiger charge is 2.28. The lowest BCUT2D eigenvalue weighted by Gasteiger charge is -2.12. The summed E-state index contributed by atoms with van der Waals surface area (Å²) in [6, 6.07) is 13.6. The third-order valence-electron chi connectivity index (χ3n) is 9.80. The van der Waals surface area contributed by atoms with E-state index in [2.05, 4.69) is 31.1 Å². The van der Waals surface area contributed by atoms with Gasteiger partial charge in [-0.05, 0) is 83.6 Å². The maximum atomic E-state index is 14.7. The number of carbonyl (C=O) groups is 4. The summed E-state index contributed by atoms with van der Waals surface area (Å²) < 4.78 is 154. The number of aromatic carboxylic acids is 2. The Morgan fingerprint density at radius 2 is 0.814 bits per heavy atom. The fourth-order valence-electron chi connectivity index (χ4n) is 6.53. The zero-order chi connectivity index (χ0) is 51.3. The number of fused-ring (bicyclic) bond motifs is 2. The van der Waals surface area contributed by atoms with Crippen LogP contribution < -0.4 is 10.6 Å². The Morgan fingerprint density at radius 3 is 1.13 bits per heavy atom. The van der Waals surface area contributed by atoms with Crippen molar-refractivity contribution >= 4 is 99.7 Å². The Bertz CT molecular complexity index is 3520. The van der Waals surface area contributed by atoms with E-state index < -0.39 is 134 Å². The van der Waals surface area contributed by atoms with Crippen LogP contribution in [0, 0.1) is 34.9 Å². The second-order valence-electron chi connectivity index (χ2n) is 14.2. The minimum atomic E-state index is -5.29. The first-order valence-electron chi connectivity index (χ1n) is 18.7. The van der Waals surface area contributed by atoms with Crippen molar-refractivity contribution in [1.29, 1.82) is 0 Å². The Kier molecular flexibility index (Phi) is 12.8. The summed E-state index contributed by atoms with van der Waals surface area (Å²) in [4.78, 5) is 46.6. The summed E-state index contributed by atoms with van der Waals surface area (Å²) in [7, 11) is -10.6. The van der Waals surface area contributed by atoms with Crippen molar-refractivity contribution < 1.29 is 91.9 Å². The number of anilines is 2. The monoisotopic (exact) mass is 1010 g/mol. The van der Waals surface area contributed by atoms with E-state index in [1.807, 2.05) is 0 Å². The number of azo groups is 2. The molecule has 0 spiro atoms. The molecule has 0 unspecified atom stereocenters. The summed E-state index contributed by atoms with van der Waals surface area (Å²) in [6.45, 7) is 0. The van der Waals surface area contributed by atoms with Crippen molar-refractivity contribution in [2.45, 2.75) is 9.79 Å². The minimum Gasteiger partial charge on any atom is -0.505 e. The standard InChI is InChI=1S/C42H22F6N6O14S2/c43-23-13-25(33(47)29(31(23)45)41(59)60)51-53-35-27(69(63,64)65)11-17-9-19(5-7-21(17)37(35)55)49-39(57)15-1-2-16(4-3-15)40(58)50-20-6-8-22-18(10-20)12-28(70(66,67)68)36(38(22)56)54-52-26-14-24(44)32(46)30(34(26)48)42(61)62/h1-14,55-56H,(H,49,57)(H,50,58)(H,59,60)(H,61,62)(H,63,64,65)(H,66,67,68). The van der Waals surface area contributed by atoms with Gasteiger partial charge in [0.1, 0.15) is 43.7 Å². The van der Waals surface area contributed by atoms with Crippen LogP contribution in [-0.2, 0) is 20.2 Å². The third-order valence-corrected chi connectivity index (χ3v) is 11.5. The first-order valence-corrected chi connectivity index (χ1v) is 21.6. The topological polar surface area (TPSA) is 331 Å². The van der Waals surface area contributed by atoms with Crippen molar-refractivity contribution in [3.05, 3.63) is 142 Å². The maximum Gasteiger partial charge on any atom is 0.341 e. The molecule has 0 heterocycles. The summed E-state index contributed by atoms with van der Waals surface area (Å²) in [5, 5.41) is 57.5. The second kappa shape index (κ2) is 18.3. The Balaban J connectivity index is 1.10. The van der Waals surface area contributed by atoms with Gasteiger partial charge in [0.15, 0.2) is 46.4 Å². The number of carboxylic acids is 2. The van der Waals surface area contributed by atoms with E-state index in [9.17, 15) is 81.7 Å². The molecule has 0 saturated heterocycles. The molecule has 358 valence electrons. The number of phenolic OH excluding ortho intramolecular Hbond substituents is 2. The molecular formula is C42H22F6N6O14S2. The van der Waals surface area contributed by atoms with Crippen LogP contribution in [0.4, 0.5) is 60.5 Å². The maximum absolute atomic E-state index is 14.7. The largest absolute Gasteiger partial charge is 0.505 e. The highest BCUT2D eigenvalue weighted by atomic mass is 32.2. The van der Waals surface area contributed by atoms with Crippen LogP contribution in [0.25, 0.3) is 21.5 Å². The van der Waals surface area contributed by atoms with E-state index in [0.717, 1.165) is 36.4 Å². The van der Waals surface area contributed by atoms with Gasteiger partial charge in [-0.2, -0.15) is 16.8 Å². The molecule has 0 bridgehead atoms. The number of aromatic hydroxyl groups is 2. The number of carboxylic acid groups (broad SMARTS) is 2. The number of phenols is 2. The molecule has 7 rings (SSSR count). The Morgan fingerprint density at radius 1 is 0.471 bits per heavy atom. The molecule has 8 N–H and O–H groups in total.